The summed E-state index contributed by atoms with van der Waals surface area (Å²) in [5.74, 6) is 0.955. The number of rotatable bonds is 4. The molecule has 2 heterocycles. The Morgan fingerprint density at radius 3 is 2.62 bits per heavy atom. The zero-order chi connectivity index (χ0) is 16.4. The Morgan fingerprint density at radius 1 is 1.00 bits per heavy atom. The molecule has 1 N–H and O–H groups in total. The fourth-order valence-corrected chi connectivity index (χ4v) is 3.38. The molecule has 0 unspecified atom stereocenters. The first-order valence-electron chi connectivity index (χ1n) is 7.65. The van der Waals surface area contributed by atoms with Crippen molar-refractivity contribution in [2.24, 2.45) is 0 Å². The molecular weight excluding hydrogens is 411 g/mol. The predicted octanol–water partition coefficient (Wildman–Crippen LogP) is 5.07. The molecule has 24 heavy (non-hydrogen) atoms. The van der Waals surface area contributed by atoms with Crippen molar-refractivity contribution >= 4 is 39.7 Å². The van der Waals surface area contributed by atoms with Crippen molar-refractivity contribution in [3.8, 4) is 11.3 Å². The smallest absolute Gasteiger partial charge is 0.157 e. The number of halogens is 1. The lowest BCUT2D eigenvalue weighted by Crippen LogP contribution is -1.99. The molecule has 4 rings (SSSR count). The lowest BCUT2D eigenvalue weighted by Gasteiger charge is -2.12. The molecule has 0 saturated heterocycles. The molecule has 0 fully saturated rings. The summed E-state index contributed by atoms with van der Waals surface area (Å²) < 4.78 is 2.99. The van der Waals surface area contributed by atoms with E-state index in [0.29, 0.717) is 0 Å². The van der Waals surface area contributed by atoms with Crippen LogP contribution in [0.25, 0.3) is 16.9 Å². The van der Waals surface area contributed by atoms with E-state index >= 15 is 0 Å². The van der Waals surface area contributed by atoms with E-state index < -0.39 is 0 Å². The molecule has 0 aliphatic heterocycles. The van der Waals surface area contributed by atoms with Gasteiger partial charge in [0.05, 0.1) is 6.20 Å². The zero-order valence-electron chi connectivity index (χ0n) is 12.9. The van der Waals surface area contributed by atoms with Gasteiger partial charge in [0.15, 0.2) is 5.65 Å². The Balaban J connectivity index is 1.90. The highest BCUT2D eigenvalue weighted by Crippen LogP contribution is 2.32. The SMILES string of the molecule is ICc1ccccc1Nc1c(-c2ccccc2)nc2cnccn12. The average Bonchev–Trinajstić information content (AvgIpc) is 3.02. The van der Waals surface area contributed by atoms with E-state index in [1.807, 2.05) is 34.9 Å². The lowest BCUT2D eigenvalue weighted by molar-refractivity contribution is 1.13. The molecule has 0 atom stereocenters. The van der Waals surface area contributed by atoms with Gasteiger partial charge in [-0.05, 0) is 11.6 Å². The summed E-state index contributed by atoms with van der Waals surface area (Å²) >= 11 is 2.39. The zero-order valence-corrected chi connectivity index (χ0v) is 15.0. The van der Waals surface area contributed by atoms with Crippen molar-refractivity contribution in [2.45, 2.75) is 4.43 Å². The van der Waals surface area contributed by atoms with Crippen LogP contribution < -0.4 is 5.32 Å². The van der Waals surface area contributed by atoms with Crippen molar-refractivity contribution in [1.29, 1.82) is 0 Å². The minimum Gasteiger partial charge on any atom is -0.339 e. The van der Waals surface area contributed by atoms with Gasteiger partial charge in [-0.2, -0.15) is 0 Å². The fourth-order valence-electron chi connectivity index (χ4n) is 2.71. The number of imidazole rings is 1. The fraction of sp³-hybridized carbons (Fsp3) is 0.0526. The van der Waals surface area contributed by atoms with Crippen molar-refractivity contribution in [3.63, 3.8) is 0 Å². The van der Waals surface area contributed by atoms with Crippen molar-refractivity contribution in [1.82, 2.24) is 14.4 Å². The van der Waals surface area contributed by atoms with Crippen LogP contribution in [0.1, 0.15) is 5.56 Å². The van der Waals surface area contributed by atoms with Crippen molar-refractivity contribution in [3.05, 3.63) is 78.8 Å². The highest BCUT2D eigenvalue weighted by molar-refractivity contribution is 14.1. The molecule has 4 aromatic rings. The molecule has 2 aromatic heterocycles. The molecule has 5 heteroatoms. The monoisotopic (exact) mass is 426 g/mol. The first kappa shape index (κ1) is 15.1. The predicted molar refractivity (Wildman–Crippen MR) is 106 cm³/mol. The normalized spacial score (nSPS) is 10.9. The van der Waals surface area contributed by atoms with Gasteiger partial charge in [-0.25, -0.2) is 4.98 Å². The van der Waals surface area contributed by atoms with Gasteiger partial charge in [-0.15, -0.1) is 0 Å². The molecule has 0 spiro atoms. The van der Waals surface area contributed by atoms with E-state index in [4.69, 9.17) is 4.98 Å². The van der Waals surface area contributed by atoms with Gasteiger partial charge in [-0.3, -0.25) is 9.38 Å². The second-order valence-electron chi connectivity index (χ2n) is 5.40. The van der Waals surface area contributed by atoms with Crippen molar-refractivity contribution < 1.29 is 0 Å². The number of nitrogens with zero attached hydrogens (tertiary/aromatic N) is 3. The third-order valence-electron chi connectivity index (χ3n) is 3.89. The molecule has 4 nitrogen and oxygen atoms in total. The molecule has 0 bridgehead atoms. The number of alkyl halides is 1. The molecule has 0 radical (unpaired) electrons. The van der Waals surface area contributed by atoms with Gasteiger partial charge < -0.3 is 5.32 Å². The van der Waals surface area contributed by atoms with Crippen LogP contribution in [0, 0.1) is 0 Å². The number of anilines is 2. The third kappa shape index (κ3) is 2.75. The molecule has 0 amide bonds. The number of aromatic nitrogens is 3. The van der Waals surface area contributed by atoms with Crippen LogP contribution in [0.15, 0.2) is 73.2 Å². The van der Waals surface area contributed by atoms with Gasteiger partial charge in [0.2, 0.25) is 0 Å². The van der Waals surface area contributed by atoms with Crippen LogP contribution in [0.5, 0.6) is 0 Å². The molecule has 0 aliphatic carbocycles. The molecule has 0 saturated carbocycles. The first-order valence-corrected chi connectivity index (χ1v) is 9.18. The Bertz CT molecular complexity index is 979. The van der Waals surface area contributed by atoms with E-state index in [2.05, 4.69) is 63.2 Å². The largest absolute Gasteiger partial charge is 0.339 e. The van der Waals surface area contributed by atoms with E-state index in [1.54, 1.807) is 12.4 Å². The van der Waals surface area contributed by atoms with E-state index in [1.165, 1.54) is 5.56 Å². The summed E-state index contributed by atoms with van der Waals surface area (Å²) in [6.45, 7) is 0. The van der Waals surface area contributed by atoms with Crippen molar-refractivity contribution in [2.75, 3.05) is 5.32 Å². The van der Waals surface area contributed by atoms with Crippen LogP contribution in [0.3, 0.4) is 0 Å². The van der Waals surface area contributed by atoms with Crippen LogP contribution in [-0.4, -0.2) is 14.4 Å². The average molecular weight is 426 g/mol. The van der Waals surface area contributed by atoms with Gasteiger partial charge in [-0.1, -0.05) is 71.1 Å². The number of hydrogen-bond donors (Lipinski definition) is 1. The number of benzene rings is 2. The highest BCUT2D eigenvalue weighted by atomic mass is 127. The van der Waals surface area contributed by atoms with E-state index in [0.717, 1.165) is 32.8 Å². The Labute approximate surface area is 153 Å². The quantitative estimate of drug-likeness (QED) is 0.366. The number of fused-ring (bicyclic) bond motifs is 1. The summed E-state index contributed by atoms with van der Waals surface area (Å²) in [6, 6.07) is 18.6. The number of hydrogen-bond acceptors (Lipinski definition) is 3. The van der Waals surface area contributed by atoms with Crippen LogP contribution >= 0.6 is 22.6 Å². The minimum atomic E-state index is 0.825. The molecular formula is C19H15IN4. The maximum Gasteiger partial charge on any atom is 0.157 e. The second-order valence-corrected chi connectivity index (χ2v) is 6.16. The van der Waals surface area contributed by atoms with E-state index in [9.17, 15) is 0 Å². The summed E-state index contributed by atoms with van der Waals surface area (Å²) in [4.78, 5) is 8.96. The Morgan fingerprint density at radius 2 is 1.79 bits per heavy atom. The standard InChI is InChI=1S/C19H15IN4/c20-12-15-8-4-5-9-16(15)22-19-18(14-6-2-1-3-7-14)23-17-13-21-10-11-24(17)19/h1-11,13,22H,12H2. The molecule has 0 aliphatic rings. The molecule has 2 aromatic carbocycles. The number of para-hydroxylation sites is 1. The van der Waals surface area contributed by atoms with Crippen LogP contribution in [-0.2, 0) is 4.43 Å². The Hall–Kier alpha value is -2.41. The summed E-state index contributed by atoms with van der Waals surface area (Å²) in [5, 5.41) is 3.58. The van der Waals surface area contributed by atoms with Gasteiger partial charge in [0.1, 0.15) is 11.5 Å². The maximum atomic E-state index is 4.77. The van der Waals surface area contributed by atoms with Gasteiger partial charge >= 0.3 is 0 Å². The van der Waals surface area contributed by atoms with Crippen LogP contribution in [0.2, 0.25) is 0 Å². The highest BCUT2D eigenvalue weighted by Gasteiger charge is 2.15. The number of nitrogens with one attached hydrogen (secondary N) is 1. The van der Waals surface area contributed by atoms with Crippen LogP contribution in [0.4, 0.5) is 11.5 Å². The van der Waals surface area contributed by atoms with Gasteiger partial charge in [0.25, 0.3) is 0 Å². The first-order chi connectivity index (χ1) is 11.9. The van der Waals surface area contributed by atoms with Gasteiger partial charge in [0, 0.05) is 28.1 Å². The third-order valence-corrected chi connectivity index (χ3v) is 4.71. The summed E-state index contributed by atoms with van der Waals surface area (Å²) in [6.07, 6.45) is 5.49. The minimum absolute atomic E-state index is 0.825. The summed E-state index contributed by atoms with van der Waals surface area (Å²) in [7, 11) is 0. The molecule has 118 valence electrons. The Kier molecular flexibility index (Phi) is 4.17. The van der Waals surface area contributed by atoms with E-state index in [-0.39, 0.29) is 0 Å². The maximum absolute atomic E-state index is 4.77. The second kappa shape index (κ2) is 6.60. The topological polar surface area (TPSA) is 42.2 Å². The summed E-state index contributed by atoms with van der Waals surface area (Å²) in [5.41, 5.74) is 5.19. The lowest BCUT2D eigenvalue weighted by atomic mass is 10.1.